The molecule has 2 aromatic carbocycles. The number of aromatic nitrogens is 2. The molecule has 0 aliphatic carbocycles. The lowest BCUT2D eigenvalue weighted by Crippen LogP contribution is -2.53. The van der Waals surface area contributed by atoms with Crippen molar-refractivity contribution in [1.29, 1.82) is 0 Å². The second kappa shape index (κ2) is 17.2. The van der Waals surface area contributed by atoms with Crippen LogP contribution in [0.4, 0.5) is 13.6 Å². The molecule has 1 fully saturated rings. The van der Waals surface area contributed by atoms with Crippen molar-refractivity contribution in [2.45, 2.75) is 59.7 Å². The summed E-state index contributed by atoms with van der Waals surface area (Å²) in [6.45, 7) is 7.66. The Morgan fingerprint density at radius 1 is 0.957 bits per heavy atom. The molecule has 3 heterocycles. The minimum atomic E-state index is -0.575. The molecule has 5 rings (SSSR count). The summed E-state index contributed by atoms with van der Waals surface area (Å²) in [4.78, 5) is 22.6. The topological polar surface area (TPSA) is 106 Å². The molecule has 1 saturated heterocycles. The van der Waals surface area contributed by atoms with Gasteiger partial charge in [0, 0.05) is 59.7 Å². The number of aliphatic hydroxyl groups excluding tert-OH is 1. The van der Waals surface area contributed by atoms with E-state index >= 15 is 0 Å². The number of amides is 1. The van der Waals surface area contributed by atoms with Crippen molar-refractivity contribution in [1.82, 2.24) is 20.2 Å². The number of hydrogen-bond donors (Lipinski definition) is 2. The molecule has 46 heavy (non-hydrogen) atoms. The Balaban J connectivity index is 0.000000230. The zero-order chi connectivity index (χ0) is 33.2. The van der Waals surface area contributed by atoms with E-state index in [1.807, 2.05) is 31.5 Å². The number of nitrogens with zero attached hydrogens (tertiary/aromatic N) is 3. The number of thiazole rings is 2. The first-order valence-corrected chi connectivity index (χ1v) is 16.9. The molecule has 1 aliphatic rings. The zero-order valence-corrected chi connectivity index (χ0v) is 28.6. The van der Waals surface area contributed by atoms with Gasteiger partial charge in [-0.05, 0) is 32.4 Å². The number of carbonyl (C=O) groups is 1. The van der Waals surface area contributed by atoms with Crippen LogP contribution < -0.4 is 14.8 Å². The highest BCUT2D eigenvalue weighted by atomic mass is 35.5. The minimum Gasteiger partial charge on any atom is -0.487 e. The molecule has 0 unspecified atom stereocenters. The molecule has 1 atom stereocenters. The van der Waals surface area contributed by atoms with E-state index in [-0.39, 0.29) is 47.0 Å². The molecule has 2 N–H and O–H groups in total. The number of benzene rings is 2. The van der Waals surface area contributed by atoms with Crippen LogP contribution in [0.2, 0.25) is 10.0 Å². The summed E-state index contributed by atoms with van der Waals surface area (Å²) in [6.07, 6.45) is 0.366. The molecule has 1 aliphatic heterocycles. The van der Waals surface area contributed by atoms with Crippen molar-refractivity contribution in [3.63, 3.8) is 0 Å². The van der Waals surface area contributed by atoms with Crippen molar-refractivity contribution in [3.8, 4) is 11.5 Å². The fourth-order valence-electron chi connectivity index (χ4n) is 4.46. The lowest BCUT2D eigenvalue weighted by Gasteiger charge is -2.34. The highest BCUT2D eigenvalue weighted by molar-refractivity contribution is 7.09. The average molecular weight is 716 g/mol. The summed E-state index contributed by atoms with van der Waals surface area (Å²) in [5.74, 6) is -0.525. The Hall–Kier alpha value is -3.07. The molecule has 1 amide bonds. The summed E-state index contributed by atoms with van der Waals surface area (Å²) in [5, 5.41) is 18.2. The van der Waals surface area contributed by atoms with Gasteiger partial charge < -0.3 is 29.5 Å². The van der Waals surface area contributed by atoms with E-state index in [4.69, 9.17) is 42.5 Å². The van der Waals surface area contributed by atoms with Gasteiger partial charge in [-0.3, -0.25) is 0 Å². The molecule has 248 valence electrons. The summed E-state index contributed by atoms with van der Waals surface area (Å²) >= 11 is 15.1. The maximum absolute atomic E-state index is 14.5. The maximum atomic E-state index is 14.5. The third-order valence-electron chi connectivity index (χ3n) is 6.89. The largest absolute Gasteiger partial charge is 0.487 e. The summed E-state index contributed by atoms with van der Waals surface area (Å²) < 4.78 is 44.3. The first kappa shape index (κ1) is 35.8. The lowest BCUT2D eigenvalue weighted by atomic mass is 10.1. The van der Waals surface area contributed by atoms with Gasteiger partial charge in [0.05, 0.1) is 38.1 Å². The second-order valence-corrected chi connectivity index (χ2v) is 13.1. The predicted molar refractivity (Wildman–Crippen MR) is 175 cm³/mol. The van der Waals surface area contributed by atoms with Gasteiger partial charge in [-0.15, -0.1) is 22.7 Å². The Labute approximate surface area is 284 Å². The van der Waals surface area contributed by atoms with E-state index in [0.717, 1.165) is 34.4 Å². The summed E-state index contributed by atoms with van der Waals surface area (Å²) in [6, 6.07) is 5.53. The third-order valence-corrected chi connectivity index (χ3v) is 9.21. The Morgan fingerprint density at radius 2 is 1.50 bits per heavy atom. The smallest absolute Gasteiger partial charge is 0.410 e. The van der Waals surface area contributed by atoms with Crippen LogP contribution in [0.25, 0.3) is 0 Å². The van der Waals surface area contributed by atoms with E-state index in [9.17, 15) is 13.6 Å². The number of nitrogens with one attached hydrogen (secondary N) is 1. The summed E-state index contributed by atoms with van der Waals surface area (Å²) in [7, 11) is 0. The van der Waals surface area contributed by atoms with E-state index in [2.05, 4.69) is 15.3 Å². The van der Waals surface area contributed by atoms with Crippen LogP contribution in [0.1, 0.15) is 45.9 Å². The highest BCUT2D eigenvalue weighted by Gasteiger charge is 2.27. The second-order valence-electron chi connectivity index (χ2n) is 10.2. The van der Waals surface area contributed by atoms with E-state index in [0.29, 0.717) is 24.6 Å². The fraction of sp³-hybridized carbons (Fsp3) is 0.387. The number of rotatable bonds is 10. The fourth-order valence-corrected chi connectivity index (χ4v) is 6.17. The van der Waals surface area contributed by atoms with Crippen molar-refractivity contribution in [2.75, 3.05) is 19.6 Å². The Kier molecular flexibility index (Phi) is 13.4. The van der Waals surface area contributed by atoms with Gasteiger partial charge in [0.2, 0.25) is 0 Å². The van der Waals surface area contributed by atoms with Gasteiger partial charge in [-0.1, -0.05) is 30.1 Å². The van der Waals surface area contributed by atoms with Gasteiger partial charge in [-0.2, -0.15) is 0 Å². The normalized spacial score (nSPS) is 14.4. The summed E-state index contributed by atoms with van der Waals surface area (Å²) in [5.41, 5.74) is 1.78. The SMILES string of the molecule is CC[C@@H]1CNCCN1C(=O)OCc1c(F)cc(OCc2csc(C)n2)cc1Cl.Cc1nc(COc2cc(F)c(CO)c(Cl)c2)cs1. The third kappa shape index (κ3) is 9.96. The monoisotopic (exact) mass is 714 g/mol. The number of aryl methyl sites for hydroxylation is 2. The molecule has 2 aromatic heterocycles. The molecule has 0 radical (unpaired) electrons. The molecule has 4 aromatic rings. The number of aliphatic hydroxyl groups is 1. The Morgan fingerprint density at radius 3 is 1.96 bits per heavy atom. The molecule has 0 saturated carbocycles. The van der Waals surface area contributed by atoms with Crippen molar-refractivity contribution < 1.29 is 32.9 Å². The van der Waals surface area contributed by atoms with Crippen molar-refractivity contribution >= 4 is 52.0 Å². The number of carbonyl (C=O) groups excluding carboxylic acids is 1. The lowest BCUT2D eigenvalue weighted by molar-refractivity contribution is 0.0707. The van der Waals surface area contributed by atoms with Crippen LogP contribution in [0.5, 0.6) is 11.5 Å². The standard InChI is InChI=1S/C19H23ClFN3O3S.C12H11ClFNO2S/c1-3-14-8-22-4-5-24(14)19(25)27-10-16-17(20)6-15(7-18(16)21)26-9-13-11-28-12(2)23-13;1-7-15-8(6-18-7)5-17-9-2-11(13)10(4-16)12(14)3-9/h6-7,11,14,22H,3-5,8-10H2,1-2H3;2-3,6,16H,4-5H2,1H3/t14-;/m1./s1. The minimum absolute atomic E-state index is 0.0756. The van der Waals surface area contributed by atoms with Crippen LogP contribution >= 0.6 is 45.9 Å². The molecular weight excluding hydrogens is 681 g/mol. The number of ether oxygens (including phenoxy) is 3. The molecule has 9 nitrogen and oxygen atoms in total. The van der Waals surface area contributed by atoms with Gasteiger partial charge in [0.25, 0.3) is 0 Å². The molecule has 15 heteroatoms. The number of hydrogen-bond acceptors (Lipinski definition) is 10. The highest BCUT2D eigenvalue weighted by Crippen LogP contribution is 2.28. The van der Waals surface area contributed by atoms with Crippen molar-refractivity contribution in [3.05, 3.63) is 89.2 Å². The van der Waals surface area contributed by atoms with Gasteiger partial charge in [0.15, 0.2) is 0 Å². The molecule has 0 bridgehead atoms. The van der Waals surface area contributed by atoms with Crippen LogP contribution in [-0.4, -0.2) is 51.7 Å². The van der Waals surface area contributed by atoms with Crippen LogP contribution in [0.15, 0.2) is 35.0 Å². The van der Waals surface area contributed by atoms with Gasteiger partial charge in [0.1, 0.15) is 43.0 Å². The first-order chi connectivity index (χ1) is 22.1. The first-order valence-electron chi connectivity index (χ1n) is 14.4. The van der Waals surface area contributed by atoms with Crippen molar-refractivity contribution in [2.24, 2.45) is 0 Å². The van der Waals surface area contributed by atoms with Gasteiger partial charge >= 0.3 is 6.09 Å². The molecule has 0 spiro atoms. The molecular formula is C31H34Cl2F2N4O5S2. The average Bonchev–Trinajstić information content (AvgIpc) is 3.65. The Bertz CT molecular complexity index is 1580. The van der Waals surface area contributed by atoms with E-state index in [1.165, 1.54) is 46.9 Å². The predicted octanol–water partition coefficient (Wildman–Crippen LogP) is 7.46. The van der Waals surface area contributed by atoms with Crippen LogP contribution in [0, 0.1) is 25.5 Å². The van der Waals surface area contributed by atoms with Gasteiger partial charge in [-0.25, -0.2) is 23.5 Å². The van der Waals surface area contributed by atoms with Crippen LogP contribution in [0.3, 0.4) is 0 Å². The van der Waals surface area contributed by atoms with Crippen LogP contribution in [-0.2, 0) is 31.2 Å². The van der Waals surface area contributed by atoms with E-state index < -0.39 is 24.3 Å². The zero-order valence-electron chi connectivity index (χ0n) is 25.4. The quantitative estimate of drug-likeness (QED) is 0.174. The number of halogens is 4. The van der Waals surface area contributed by atoms with E-state index in [1.54, 1.807) is 4.90 Å². The maximum Gasteiger partial charge on any atom is 0.410 e. The number of piperazine rings is 1.